The van der Waals surface area contributed by atoms with Crippen molar-refractivity contribution in [1.29, 1.82) is 0 Å². The Kier molecular flexibility index (Phi) is 9.35. The summed E-state index contributed by atoms with van der Waals surface area (Å²) in [5, 5.41) is 17.4. The molecule has 0 aromatic heterocycles. The van der Waals surface area contributed by atoms with Crippen molar-refractivity contribution in [1.82, 2.24) is 10.6 Å². The largest absolute Gasteiger partial charge is 0.390 e. The summed E-state index contributed by atoms with van der Waals surface area (Å²) in [6.45, 7) is 4.14. The molecule has 1 saturated carbocycles. The molecule has 6 heteroatoms. The first-order valence-corrected chi connectivity index (χ1v) is 11.2. The second-order valence-corrected chi connectivity index (χ2v) is 9.29. The molecular formula is C24H32BrClN2O2. The van der Waals surface area contributed by atoms with Gasteiger partial charge in [-0.3, -0.25) is 4.79 Å². The van der Waals surface area contributed by atoms with E-state index in [2.05, 4.69) is 57.8 Å². The molecule has 1 fully saturated rings. The van der Waals surface area contributed by atoms with Crippen LogP contribution in [0.3, 0.4) is 0 Å². The zero-order valence-corrected chi connectivity index (χ0v) is 20.0. The van der Waals surface area contributed by atoms with Crippen LogP contribution in [0.2, 0.25) is 0 Å². The van der Waals surface area contributed by atoms with Gasteiger partial charge in [-0.15, -0.1) is 12.4 Å². The fourth-order valence-electron chi connectivity index (χ4n) is 4.03. The molecule has 0 aliphatic heterocycles. The summed E-state index contributed by atoms with van der Waals surface area (Å²) >= 11 is 3.54. The summed E-state index contributed by atoms with van der Waals surface area (Å²) in [5.41, 5.74) is 2.47. The van der Waals surface area contributed by atoms with Crippen molar-refractivity contribution >= 4 is 34.2 Å². The smallest absolute Gasteiger partial charge is 0.217 e. The molecule has 0 bridgehead atoms. The Hall–Kier alpha value is -1.40. The molecule has 0 radical (unpaired) electrons. The number of carbonyl (C=O) groups is 1. The van der Waals surface area contributed by atoms with Gasteiger partial charge >= 0.3 is 0 Å². The fourth-order valence-corrected chi connectivity index (χ4v) is 4.43. The van der Waals surface area contributed by atoms with Crippen molar-refractivity contribution in [3.8, 4) is 0 Å². The van der Waals surface area contributed by atoms with Crippen molar-refractivity contribution in [2.75, 3.05) is 6.54 Å². The van der Waals surface area contributed by atoms with Crippen LogP contribution >= 0.6 is 28.3 Å². The molecule has 164 valence electrons. The number of carbonyl (C=O) groups excluding carboxylic acids is 1. The van der Waals surface area contributed by atoms with Gasteiger partial charge in [0.1, 0.15) is 0 Å². The predicted octanol–water partition coefficient (Wildman–Crippen LogP) is 4.58. The van der Waals surface area contributed by atoms with E-state index >= 15 is 0 Å². The third-order valence-corrected chi connectivity index (χ3v) is 6.21. The van der Waals surface area contributed by atoms with Crippen molar-refractivity contribution in [2.24, 2.45) is 5.92 Å². The highest BCUT2D eigenvalue weighted by molar-refractivity contribution is 9.10. The Bertz CT molecular complexity index is 814. The van der Waals surface area contributed by atoms with Crippen LogP contribution in [0.15, 0.2) is 59.1 Å². The average Bonchev–Trinajstić information content (AvgIpc) is 3.47. The monoisotopic (exact) mass is 494 g/mol. The minimum Gasteiger partial charge on any atom is -0.390 e. The maximum Gasteiger partial charge on any atom is 0.217 e. The molecular weight excluding hydrogens is 464 g/mol. The molecule has 1 unspecified atom stereocenters. The summed E-state index contributed by atoms with van der Waals surface area (Å²) < 4.78 is 1.06. The van der Waals surface area contributed by atoms with Gasteiger partial charge in [-0.2, -0.15) is 0 Å². The van der Waals surface area contributed by atoms with E-state index in [0.717, 1.165) is 30.2 Å². The predicted molar refractivity (Wildman–Crippen MR) is 128 cm³/mol. The van der Waals surface area contributed by atoms with Gasteiger partial charge in [0.25, 0.3) is 0 Å². The molecule has 1 aliphatic rings. The minimum absolute atomic E-state index is 0. The van der Waals surface area contributed by atoms with E-state index in [9.17, 15) is 9.90 Å². The zero-order valence-electron chi connectivity index (χ0n) is 17.6. The lowest BCUT2D eigenvalue weighted by Gasteiger charge is -2.28. The third-order valence-electron chi connectivity index (χ3n) is 5.71. The molecule has 3 rings (SSSR count). The molecule has 1 amide bonds. The number of nitrogens with one attached hydrogen (secondary N) is 2. The van der Waals surface area contributed by atoms with E-state index in [1.807, 2.05) is 30.3 Å². The van der Waals surface area contributed by atoms with Gasteiger partial charge in [0.2, 0.25) is 5.91 Å². The molecule has 3 N–H and O–H groups in total. The quantitative estimate of drug-likeness (QED) is 0.452. The number of aliphatic hydroxyl groups excluding tert-OH is 1. The maximum absolute atomic E-state index is 11.7. The Morgan fingerprint density at radius 1 is 1.17 bits per heavy atom. The highest BCUT2D eigenvalue weighted by Gasteiger charge is 2.44. The number of hydrogen-bond acceptors (Lipinski definition) is 3. The van der Waals surface area contributed by atoms with E-state index in [1.54, 1.807) is 0 Å². The van der Waals surface area contributed by atoms with E-state index in [4.69, 9.17) is 0 Å². The first kappa shape index (κ1) is 24.9. The Balaban J connectivity index is 0.00000320. The van der Waals surface area contributed by atoms with Crippen LogP contribution in [-0.4, -0.2) is 29.7 Å². The van der Waals surface area contributed by atoms with Crippen LogP contribution < -0.4 is 10.6 Å². The lowest BCUT2D eigenvalue weighted by Crippen LogP contribution is -2.49. The third kappa shape index (κ3) is 7.09. The van der Waals surface area contributed by atoms with Crippen LogP contribution in [0.4, 0.5) is 0 Å². The van der Waals surface area contributed by atoms with Crippen LogP contribution in [0, 0.1) is 5.92 Å². The van der Waals surface area contributed by atoms with E-state index < -0.39 is 6.10 Å². The van der Waals surface area contributed by atoms with Gasteiger partial charge in [0.05, 0.1) is 12.1 Å². The summed E-state index contributed by atoms with van der Waals surface area (Å²) in [7, 11) is 0. The summed E-state index contributed by atoms with van der Waals surface area (Å²) in [4.78, 5) is 11.7. The number of halogens is 2. The fraction of sp³-hybridized carbons (Fsp3) is 0.458. The molecule has 30 heavy (non-hydrogen) atoms. The second kappa shape index (κ2) is 11.3. The maximum atomic E-state index is 11.7. The highest BCUT2D eigenvalue weighted by Crippen LogP contribution is 2.46. The molecule has 0 spiro atoms. The number of hydrogen-bond donors (Lipinski definition) is 3. The molecule has 1 aliphatic carbocycles. The van der Waals surface area contributed by atoms with Gasteiger partial charge in [0.15, 0.2) is 0 Å². The summed E-state index contributed by atoms with van der Waals surface area (Å²) in [6, 6.07) is 18.4. The number of aliphatic hydroxyl groups is 1. The molecule has 0 heterocycles. The van der Waals surface area contributed by atoms with Crippen LogP contribution in [0.25, 0.3) is 0 Å². The van der Waals surface area contributed by atoms with Gasteiger partial charge < -0.3 is 15.7 Å². The van der Waals surface area contributed by atoms with Crippen molar-refractivity contribution in [2.45, 2.75) is 57.2 Å². The first-order chi connectivity index (χ1) is 13.9. The SMILES string of the molecule is CC(=O)N[C@@H](CC(C)Cc1ccccc1)[C@H](O)CNC1(c2cccc(Br)c2)CC1.Cl. The van der Waals surface area contributed by atoms with Crippen molar-refractivity contribution in [3.63, 3.8) is 0 Å². The van der Waals surface area contributed by atoms with Crippen molar-refractivity contribution < 1.29 is 9.90 Å². The number of benzene rings is 2. The minimum atomic E-state index is -0.637. The normalized spacial score (nSPS) is 17.3. The molecule has 2 aromatic carbocycles. The Morgan fingerprint density at radius 2 is 1.87 bits per heavy atom. The lowest BCUT2D eigenvalue weighted by molar-refractivity contribution is -0.120. The van der Waals surface area contributed by atoms with Crippen LogP contribution in [0.1, 0.15) is 44.2 Å². The second-order valence-electron chi connectivity index (χ2n) is 8.38. The van der Waals surface area contributed by atoms with E-state index in [1.165, 1.54) is 18.1 Å². The molecule has 0 saturated heterocycles. The lowest BCUT2D eigenvalue weighted by atomic mass is 9.91. The number of amides is 1. The van der Waals surface area contributed by atoms with Gasteiger partial charge in [-0.25, -0.2) is 0 Å². The standard InChI is InChI=1S/C24H31BrN2O2.ClH/c1-17(13-19-7-4-3-5-8-19)14-22(27-18(2)28)23(29)16-26-24(11-12-24)20-9-6-10-21(25)15-20;/h3-10,15,17,22-23,26,29H,11-14,16H2,1-2H3,(H,27,28);1H/t17?,22-,23+;/m0./s1. The van der Waals surface area contributed by atoms with Gasteiger partial charge in [-0.05, 0) is 54.9 Å². The Labute approximate surface area is 194 Å². The first-order valence-electron chi connectivity index (χ1n) is 10.4. The van der Waals surface area contributed by atoms with Crippen molar-refractivity contribution in [3.05, 3.63) is 70.2 Å². The van der Waals surface area contributed by atoms with Crippen LogP contribution in [-0.2, 0) is 16.8 Å². The number of rotatable bonds is 10. The highest BCUT2D eigenvalue weighted by atomic mass is 79.9. The Morgan fingerprint density at radius 3 is 2.47 bits per heavy atom. The van der Waals surface area contributed by atoms with Gasteiger partial charge in [-0.1, -0.05) is 65.3 Å². The summed E-state index contributed by atoms with van der Waals surface area (Å²) in [5.74, 6) is 0.248. The van der Waals surface area contributed by atoms with E-state index in [0.29, 0.717) is 12.5 Å². The summed E-state index contributed by atoms with van der Waals surface area (Å²) in [6.07, 6.45) is 3.15. The van der Waals surface area contributed by atoms with Crippen LogP contribution in [0.5, 0.6) is 0 Å². The topological polar surface area (TPSA) is 61.4 Å². The average molecular weight is 496 g/mol. The van der Waals surface area contributed by atoms with E-state index in [-0.39, 0.29) is 29.9 Å². The van der Waals surface area contributed by atoms with Gasteiger partial charge in [0, 0.05) is 23.5 Å². The molecule has 2 aromatic rings. The zero-order chi connectivity index (χ0) is 20.9. The molecule has 4 nitrogen and oxygen atoms in total. The molecule has 3 atom stereocenters.